The van der Waals surface area contributed by atoms with Crippen LogP contribution in [-0.2, 0) is 6.42 Å². The van der Waals surface area contributed by atoms with E-state index < -0.39 is 0 Å². The minimum Gasteiger partial charge on any atom is -0.362 e. The van der Waals surface area contributed by atoms with Crippen molar-refractivity contribution in [3.63, 3.8) is 0 Å². The van der Waals surface area contributed by atoms with Crippen molar-refractivity contribution in [3.05, 3.63) is 66.0 Å². The summed E-state index contributed by atoms with van der Waals surface area (Å²) in [6.45, 7) is 2.31. The number of rotatable bonds is 16. The third-order valence-electron chi connectivity index (χ3n) is 10.4. The van der Waals surface area contributed by atoms with Crippen LogP contribution in [0.3, 0.4) is 0 Å². The first-order valence-corrected chi connectivity index (χ1v) is 17.1. The Labute approximate surface area is 250 Å². The van der Waals surface area contributed by atoms with Crippen LogP contribution in [-0.4, -0.2) is 24.1 Å². The molecule has 3 atom stereocenters. The highest BCUT2D eigenvalue weighted by atomic mass is 15.2. The van der Waals surface area contributed by atoms with Gasteiger partial charge in [-0.3, -0.25) is 0 Å². The van der Waals surface area contributed by atoms with E-state index >= 15 is 0 Å². The molecule has 2 aliphatic rings. The normalized spacial score (nSPS) is 23.0. The Balaban J connectivity index is 0.950. The highest BCUT2D eigenvalue weighted by Gasteiger charge is 2.38. The molecule has 3 nitrogen and oxygen atoms in total. The molecule has 2 aromatic carbocycles. The summed E-state index contributed by atoms with van der Waals surface area (Å²) in [5, 5.41) is 1.15. The lowest BCUT2D eigenvalue weighted by Crippen LogP contribution is -2.16. The maximum Gasteiger partial charge on any atom is 0.139 e. The van der Waals surface area contributed by atoms with Gasteiger partial charge in [0.15, 0.2) is 0 Å². The summed E-state index contributed by atoms with van der Waals surface area (Å²) in [7, 11) is 4.18. The third-order valence-corrected chi connectivity index (χ3v) is 10.4. The maximum atomic E-state index is 5.04. The van der Waals surface area contributed by atoms with E-state index in [0.717, 1.165) is 52.6 Å². The number of aromatic nitrogens is 2. The monoisotopic (exact) mass is 553 g/mol. The average Bonchev–Trinajstić information content (AvgIpc) is 3.75. The molecule has 2 saturated carbocycles. The topological polar surface area (TPSA) is 29.0 Å². The Morgan fingerprint density at radius 1 is 0.756 bits per heavy atom. The summed E-state index contributed by atoms with van der Waals surface area (Å²) < 4.78 is 0. The second-order valence-corrected chi connectivity index (χ2v) is 13.7. The van der Waals surface area contributed by atoms with Gasteiger partial charge < -0.3 is 4.90 Å². The summed E-state index contributed by atoms with van der Waals surface area (Å²) >= 11 is 0. The SMILES string of the molecule is CCC(CCCC1CCC(CC2CC2CCCCCCc2ccccc2)CC1)c1nc(N(C)C)c2ccccc2n1. The Kier molecular flexibility index (Phi) is 11.1. The van der Waals surface area contributed by atoms with Crippen molar-refractivity contribution < 1.29 is 0 Å². The summed E-state index contributed by atoms with van der Waals surface area (Å²) in [6, 6.07) is 19.5. The lowest BCUT2D eigenvalue weighted by molar-refractivity contribution is 0.238. The van der Waals surface area contributed by atoms with Gasteiger partial charge in [-0.05, 0) is 79.9 Å². The number of unbranched alkanes of at least 4 members (excludes halogenated alkanes) is 3. The summed E-state index contributed by atoms with van der Waals surface area (Å²) in [5.74, 6) is 6.67. The van der Waals surface area contributed by atoms with Gasteiger partial charge in [0.2, 0.25) is 0 Å². The molecule has 0 N–H and O–H groups in total. The minimum atomic E-state index is 0.463. The van der Waals surface area contributed by atoms with Gasteiger partial charge in [0.25, 0.3) is 0 Å². The Morgan fingerprint density at radius 2 is 1.49 bits per heavy atom. The number of hydrogen-bond acceptors (Lipinski definition) is 3. The molecule has 0 aliphatic heterocycles. The van der Waals surface area contributed by atoms with Crippen molar-refractivity contribution in [3.8, 4) is 0 Å². The predicted molar refractivity (Wildman–Crippen MR) is 176 cm³/mol. The fourth-order valence-corrected chi connectivity index (χ4v) is 7.64. The number of nitrogens with zero attached hydrogens (tertiary/aromatic N) is 3. The maximum absolute atomic E-state index is 5.04. The lowest BCUT2D eigenvalue weighted by atomic mass is 9.77. The Morgan fingerprint density at radius 3 is 2.27 bits per heavy atom. The third kappa shape index (κ3) is 8.79. The predicted octanol–water partition coefficient (Wildman–Crippen LogP) is 10.4. The van der Waals surface area contributed by atoms with E-state index in [1.807, 2.05) is 0 Å². The molecule has 41 heavy (non-hydrogen) atoms. The van der Waals surface area contributed by atoms with Gasteiger partial charge >= 0.3 is 0 Å². The van der Waals surface area contributed by atoms with Crippen LogP contribution in [0.4, 0.5) is 5.82 Å². The largest absolute Gasteiger partial charge is 0.362 e. The van der Waals surface area contributed by atoms with Crippen molar-refractivity contribution >= 4 is 16.7 Å². The van der Waals surface area contributed by atoms with Crippen LogP contribution in [0.15, 0.2) is 54.6 Å². The van der Waals surface area contributed by atoms with Crippen molar-refractivity contribution in [2.24, 2.45) is 23.7 Å². The molecular weight excluding hydrogens is 498 g/mol. The standard InChI is InChI=1S/C38H55N3/c1-4-32(37-39-36-22-13-12-21-35(36)38(40-37)41(2)3)20-14-18-30-23-25-31(26-24-30)27-34-28-33(34)19-11-6-5-8-15-29-16-9-7-10-17-29/h7,9-10,12-13,16-17,21-22,30-34H,4-6,8,11,14-15,18-20,23-28H2,1-3H3. The molecule has 2 fully saturated rings. The van der Waals surface area contributed by atoms with E-state index in [0.29, 0.717) is 5.92 Å². The van der Waals surface area contributed by atoms with Gasteiger partial charge in [-0.25, -0.2) is 9.97 Å². The molecule has 0 radical (unpaired) electrons. The summed E-state index contributed by atoms with van der Waals surface area (Å²) in [4.78, 5) is 12.2. The molecule has 3 aromatic rings. The number of aryl methyl sites for hydroxylation is 1. The van der Waals surface area contributed by atoms with Crippen molar-refractivity contribution in [2.75, 3.05) is 19.0 Å². The fourth-order valence-electron chi connectivity index (χ4n) is 7.64. The molecule has 222 valence electrons. The van der Waals surface area contributed by atoms with Crippen LogP contribution in [0.25, 0.3) is 10.9 Å². The minimum absolute atomic E-state index is 0.463. The first-order valence-electron chi connectivity index (χ1n) is 17.1. The number of para-hydroxylation sites is 1. The van der Waals surface area contributed by atoms with Gasteiger partial charge in [-0.15, -0.1) is 0 Å². The molecule has 1 aromatic heterocycles. The van der Waals surface area contributed by atoms with E-state index in [1.54, 1.807) is 0 Å². The van der Waals surface area contributed by atoms with Gasteiger partial charge in [0.05, 0.1) is 5.52 Å². The van der Waals surface area contributed by atoms with Gasteiger partial charge in [-0.1, -0.05) is 114 Å². The Bertz CT molecular complexity index is 1180. The molecule has 2 aliphatic carbocycles. The quantitative estimate of drug-likeness (QED) is 0.165. The molecule has 0 amide bonds. The van der Waals surface area contributed by atoms with Gasteiger partial charge in [-0.2, -0.15) is 0 Å². The Hall–Kier alpha value is -2.42. The zero-order chi connectivity index (χ0) is 28.4. The van der Waals surface area contributed by atoms with E-state index in [1.165, 1.54) is 102 Å². The lowest BCUT2D eigenvalue weighted by Gasteiger charge is -2.29. The molecule has 3 heteroatoms. The second kappa shape index (κ2) is 15.2. The van der Waals surface area contributed by atoms with Crippen LogP contribution in [0, 0.1) is 23.7 Å². The molecule has 3 unspecified atom stereocenters. The highest BCUT2D eigenvalue weighted by Crippen LogP contribution is 2.49. The summed E-state index contributed by atoms with van der Waals surface area (Å²) in [6.07, 6.45) is 22.5. The smallest absolute Gasteiger partial charge is 0.139 e. The molecule has 0 saturated heterocycles. The van der Waals surface area contributed by atoms with Crippen molar-refractivity contribution in [1.29, 1.82) is 0 Å². The zero-order valence-electron chi connectivity index (χ0n) is 26.2. The first kappa shape index (κ1) is 30.1. The van der Waals surface area contributed by atoms with Crippen LogP contribution >= 0.6 is 0 Å². The van der Waals surface area contributed by atoms with Crippen molar-refractivity contribution in [2.45, 2.75) is 116 Å². The highest BCUT2D eigenvalue weighted by molar-refractivity contribution is 5.89. The molecule has 0 spiro atoms. The average molecular weight is 554 g/mol. The first-order chi connectivity index (χ1) is 20.1. The number of benzene rings is 2. The van der Waals surface area contributed by atoms with Crippen LogP contribution in [0.2, 0.25) is 0 Å². The van der Waals surface area contributed by atoms with Gasteiger partial charge in [0, 0.05) is 25.4 Å². The zero-order valence-corrected chi connectivity index (χ0v) is 26.2. The number of hydrogen-bond donors (Lipinski definition) is 0. The molecule has 1 heterocycles. The van der Waals surface area contributed by atoms with E-state index in [9.17, 15) is 0 Å². The van der Waals surface area contributed by atoms with Crippen molar-refractivity contribution in [1.82, 2.24) is 9.97 Å². The van der Waals surface area contributed by atoms with E-state index in [-0.39, 0.29) is 0 Å². The summed E-state index contributed by atoms with van der Waals surface area (Å²) in [5.41, 5.74) is 2.58. The van der Waals surface area contributed by atoms with Gasteiger partial charge in [0.1, 0.15) is 11.6 Å². The molecular formula is C38H55N3. The fraction of sp³-hybridized carbons (Fsp3) is 0.632. The number of anilines is 1. The second-order valence-electron chi connectivity index (χ2n) is 13.7. The molecule has 5 rings (SSSR count). The number of fused-ring (bicyclic) bond motifs is 1. The van der Waals surface area contributed by atoms with E-state index in [4.69, 9.17) is 9.97 Å². The van der Waals surface area contributed by atoms with Crippen LogP contribution in [0.5, 0.6) is 0 Å². The van der Waals surface area contributed by atoms with Crippen LogP contribution < -0.4 is 4.90 Å². The molecule has 0 bridgehead atoms. The van der Waals surface area contributed by atoms with Crippen LogP contribution in [0.1, 0.15) is 121 Å². The van der Waals surface area contributed by atoms with E-state index in [2.05, 4.69) is 80.5 Å².